The Hall–Kier alpha value is -2.14. The summed E-state index contributed by atoms with van der Waals surface area (Å²) in [5, 5.41) is 0.478. The van der Waals surface area contributed by atoms with Gasteiger partial charge in [0.15, 0.2) is 0 Å². The SMILES string of the molecule is O=C(c1ccccc1Cl)N1CCCC(Oc2ccncn2)C1. The van der Waals surface area contributed by atoms with Gasteiger partial charge in [0, 0.05) is 18.8 Å². The van der Waals surface area contributed by atoms with Gasteiger partial charge in [-0.05, 0) is 25.0 Å². The minimum Gasteiger partial charge on any atom is -0.472 e. The number of ether oxygens (including phenoxy) is 1. The number of hydrogen-bond donors (Lipinski definition) is 0. The van der Waals surface area contributed by atoms with Crippen LogP contribution >= 0.6 is 11.6 Å². The number of piperidine rings is 1. The van der Waals surface area contributed by atoms with E-state index in [-0.39, 0.29) is 12.0 Å². The summed E-state index contributed by atoms with van der Waals surface area (Å²) >= 11 is 6.11. The van der Waals surface area contributed by atoms with E-state index in [0.717, 1.165) is 12.8 Å². The highest BCUT2D eigenvalue weighted by Crippen LogP contribution is 2.21. The predicted octanol–water partition coefficient (Wildman–Crippen LogP) is 2.81. The first-order chi connectivity index (χ1) is 10.7. The van der Waals surface area contributed by atoms with Crippen LogP contribution < -0.4 is 4.74 Å². The van der Waals surface area contributed by atoms with Gasteiger partial charge in [-0.3, -0.25) is 4.79 Å². The molecular weight excluding hydrogens is 302 g/mol. The third kappa shape index (κ3) is 3.36. The van der Waals surface area contributed by atoms with Crippen LogP contribution in [0.1, 0.15) is 23.2 Å². The van der Waals surface area contributed by atoms with Gasteiger partial charge >= 0.3 is 0 Å². The van der Waals surface area contributed by atoms with E-state index in [4.69, 9.17) is 16.3 Å². The lowest BCUT2D eigenvalue weighted by Crippen LogP contribution is -2.44. The molecule has 114 valence electrons. The number of halogens is 1. The van der Waals surface area contributed by atoms with Crippen LogP contribution in [0, 0.1) is 0 Å². The summed E-state index contributed by atoms with van der Waals surface area (Å²) in [6, 6.07) is 8.83. The lowest BCUT2D eigenvalue weighted by molar-refractivity contribution is 0.0527. The summed E-state index contributed by atoms with van der Waals surface area (Å²) in [5.74, 6) is 0.480. The highest BCUT2D eigenvalue weighted by Gasteiger charge is 2.26. The van der Waals surface area contributed by atoms with E-state index in [0.29, 0.717) is 29.6 Å². The maximum Gasteiger partial charge on any atom is 0.255 e. The van der Waals surface area contributed by atoms with E-state index in [1.54, 1.807) is 29.3 Å². The van der Waals surface area contributed by atoms with Gasteiger partial charge in [-0.1, -0.05) is 23.7 Å². The molecule has 2 heterocycles. The molecular formula is C16H16ClN3O2. The van der Waals surface area contributed by atoms with Gasteiger partial charge in [0.2, 0.25) is 5.88 Å². The summed E-state index contributed by atoms with van der Waals surface area (Å²) in [5.41, 5.74) is 0.534. The number of carbonyl (C=O) groups excluding carboxylic acids is 1. The van der Waals surface area contributed by atoms with Crippen LogP contribution in [0.5, 0.6) is 5.88 Å². The van der Waals surface area contributed by atoms with E-state index >= 15 is 0 Å². The molecule has 22 heavy (non-hydrogen) atoms. The predicted molar refractivity (Wildman–Crippen MR) is 83.0 cm³/mol. The molecule has 3 rings (SSSR count). The fourth-order valence-corrected chi connectivity index (χ4v) is 2.76. The first kappa shape index (κ1) is 14.8. The zero-order valence-electron chi connectivity index (χ0n) is 12.0. The van der Waals surface area contributed by atoms with Crippen LogP contribution in [0.3, 0.4) is 0 Å². The first-order valence-corrected chi connectivity index (χ1v) is 7.58. The Morgan fingerprint density at radius 2 is 2.18 bits per heavy atom. The molecule has 0 aliphatic carbocycles. The van der Waals surface area contributed by atoms with Crippen molar-refractivity contribution in [2.45, 2.75) is 18.9 Å². The molecule has 6 heteroatoms. The quantitative estimate of drug-likeness (QED) is 0.873. The molecule has 0 saturated carbocycles. The zero-order chi connectivity index (χ0) is 15.4. The Balaban J connectivity index is 1.68. The smallest absolute Gasteiger partial charge is 0.255 e. The largest absolute Gasteiger partial charge is 0.472 e. The number of amides is 1. The van der Waals surface area contributed by atoms with Crippen LogP contribution in [-0.2, 0) is 0 Å². The van der Waals surface area contributed by atoms with Crippen LogP contribution in [0.25, 0.3) is 0 Å². The third-order valence-electron chi connectivity index (χ3n) is 3.61. The monoisotopic (exact) mass is 317 g/mol. The van der Waals surface area contributed by atoms with E-state index in [9.17, 15) is 4.79 Å². The van der Waals surface area contributed by atoms with Crippen LogP contribution in [0.4, 0.5) is 0 Å². The number of aromatic nitrogens is 2. The highest BCUT2D eigenvalue weighted by molar-refractivity contribution is 6.33. The normalized spacial score (nSPS) is 18.0. The zero-order valence-corrected chi connectivity index (χ0v) is 12.7. The van der Waals surface area contributed by atoms with Crippen LogP contribution in [0.15, 0.2) is 42.9 Å². The van der Waals surface area contributed by atoms with Crippen LogP contribution in [0.2, 0.25) is 5.02 Å². The van der Waals surface area contributed by atoms with Crippen molar-refractivity contribution < 1.29 is 9.53 Å². The van der Waals surface area contributed by atoms with Gasteiger partial charge in [0.05, 0.1) is 17.1 Å². The van der Waals surface area contributed by atoms with Gasteiger partial charge in [-0.15, -0.1) is 0 Å². The van der Waals surface area contributed by atoms with E-state index in [1.807, 2.05) is 12.1 Å². The van der Waals surface area contributed by atoms with Crippen LogP contribution in [-0.4, -0.2) is 40.0 Å². The van der Waals surface area contributed by atoms with Gasteiger partial charge in [0.25, 0.3) is 5.91 Å². The van der Waals surface area contributed by atoms with Gasteiger partial charge in [0.1, 0.15) is 12.4 Å². The molecule has 1 aliphatic rings. The standard InChI is InChI=1S/C16H16ClN3O2/c17-14-6-2-1-5-13(14)16(21)20-9-3-4-12(10-20)22-15-7-8-18-11-19-15/h1-2,5-8,11-12H,3-4,9-10H2. The second-order valence-electron chi connectivity index (χ2n) is 5.16. The lowest BCUT2D eigenvalue weighted by Gasteiger charge is -2.32. The molecule has 1 aromatic carbocycles. The van der Waals surface area contributed by atoms with Gasteiger partial charge in [-0.25, -0.2) is 9.97 Å². The second-order valence-corrected chi connectivity index (χ2v) is 5.57. The summed E-state index contributed by atoms with van der Waals surface area (Å²) < 4.78 is 5.82. The Labute approximate surface area is 133 Å². The van der Waals surface area contributed by atoms with E-state index in [1.165, 1.54) is 6.33 Å². The maximum atomic E-state index is 12.6. The third-order valence-corrected chi connectivity index (χ3v) is 3.94. The number of hydrogen-bond acceptors (Lipinski definition) is 4. The van der Waals surface area contributed by atoms with Crippen molar-refractivity contribution in [3.8, 4) is 5.88 Å². The Bertz CT molecular complexity index is 651. The molecule has 2 aromatic rings. The lowest BCUT2D eigenvalue weighted by atomic mass is 10.1. The maximum absolute atomic E-state index is 12.6. The molecule has 1 aromatic heterocycles. The molecule has 1 atom stereocenters. The molecule has 1 aliphatic heterocycles. The number of carbonyl (C=O) groups is 1. The van der Waals surface area contributed by atoms with Crippen molar-refractivity contribution in [1.82, 2.24) is 14.9 Å². The topological polar surface area (TPSA) is 55.3 Å². The number of nitrogens with zero attached hydrogens (tertiary/aromatic N) is 3. The summed E-state index contributed by atoms with van der Waals surface area (Å²) in [4.78, 5) is 22.3. The minimum absolute atomic E-state index is 0.0541. The fraction of sp³-hybridized carbons (Fsp3) is 0.312. The minimum atomic E-state index is -0.0601. The molecule has 0 radical (unpaired) electrons. The van der Waals surface area contributed by atoms with Crippen molar-refractivity contribution in [2.75, 3.05) is 13.1 Å². The molecule has 5 nitrogen and oxygen atoms in total. The number of rotatable bonds is 3. The number of benzene rings is 1. The fourth-order valence-electron chi connectivity index (χ4n) is 2.54. The van der Waals surface area contributed by atoms with Crippen molar-refractivity contribution in [1.29, 1.82) is 0 Å². The second kappa shape index (κ2) is 6.75. The molecule has 1 saturated heterocycles. The molecule has 0 bridgehead atoms. The van der Waals surface area contributed by atoms with Crippen molar-refractivity contribution in [3.63, 3.8) is 0 Å². The molecule has 0 N–H and O–H groups in total. The Morgan fingerprint density at radius 1 is 1.32 bits per heavy atom. The Kier molecular flexibility index (Phi) is 4.53. The molecule has 1 fully saturated rings. The first-order valence-electron chi connectivity index (χ1n) is 7.20. The molecule has 1 unspecified atom stereocenters. The van der Waals surface area contributed by atoms with E-state index < -0.39 is 0 Å². The number of likely N-dealkylation sites (tertiary alicyclic amines) is 1. The summed E-state index contributed by atoms with van der Waals surface area (Å²) in [6.45, 7) is 1.25. The van der Waals surface area contributed by atoms with Gasteiger partial charge in [-0.2, -0.15) is 0 Å². The van der Waals surface area contributed by atoms with E-state index in [2.05, 4.69) is 9.97 Å². The Morgan fingerprint density at radius 3 is 2.95 bits per heavy atom. The average Bonchev–Trinajstić information content (AvgIpc) is 2.56. The summed E-state index contributed by atoms with van der Waals surface area (Å²) in [7, 11) is 0. The molecule has 0 spiro atoms. The van der Waals surface area contributed by atoms with Crippen molar-refractivity contribution >= 4 is 17.5 Å². The van der Waals surface area contributed by atoms with Gasteiger partial charge < -0.3 is 9.64 Å². The van der Waals surface area contributed by atoms with Crippen molar-refractivity contribution in [2.24, 2.45) is 0 Å². The highest BCUT2D eigenvalue weighted by atomic mass is 35.5. The van der Waals surface area contributed by atoms with Crippen molar-refractivity contribution in [3.05, 3.63) is 53.4 Å². The summed E-state index contributed by atoms with van der Waals surface area (Å²) in [6.07, 6.45) is 4.82. The molecule has 1 amide bonds. The average molecular weight is 318 g/mol.